The van der Waals surface area contributed by atoms with Crippen LogP contribution in [-0.2, 0) is 0 Å². The van der Waals surface area contributed by atoms with Gasteiger partial charge in [-0.05, 0) is 32.4 Å². The minimum atomic E-state index is 0.759. The molecular formula is C10H11N3. The first-order chi connectivity index (χ1) is 6.09. The highest BCUT2D eigenvalue weighted by Gasteiger charge is 2.08. The second kappa shape index (κ2) is 2.55. The van der Waals surface area contributed by atoms with E-state index in [1.54, 1.807) is 0 Å². The fourth-order valence-corrected chi connectivity index (χ4v) is 1.49. The molecule has 0 fully saturated rings. The van der Waals surface area contributed by atoms with Crippen LogP contribution in [0.1, 0.15) is 17.1 Å². The van der Waals surface area contributed by atoms with Gasteiger partial charge >= 0.3 is 0 Å². The molecule has 2 aromatic heterocycles. The molecule has 0 aliphatic carbocycles. The summed E-state index contributed by atoms with van der Waals surface area (Å²) in [7, 11) is 5.77. The molecule has 0 aliphatic rings. The van der Waals surface area contributed by atoms with Gasteiger partial charge in [-0.2, -0.15) is 0 Å². The highest BCUT2D eigenvalue weighted by atomic mass is 15.1. The Morgan fingerprint density at radius 1 is 1.23 bits per heavy atom. The zero-order valence-electron chi connectivity index (χ0n) is 8.00. The Labute approximate surface area is 77.4 Å². The molecule has 13 heavy (non-hydrogen) atoms. The van der Waals surface area contributed by atoms with E-state index >= 15 is 0 Å². The van der Waals surface area contributed by atoms with Gasteiger partial charge in [-0.25, -0.2) is 9.97 Å². The zero-order chi connectivity index (χ0) is 9.59. The van der Waals surface area contributed by atoms with Crippen LogP contribution in [0.25, 0.3) is 11.2 Å². The maximum atomic E-state index is 5.77. The molecule has 2 heterocycles. The average molecular weight is 173 g/mol. The molecule has 2 radical (unpaired) electrons. The lowest BCUT2D eigenvalue weighted by atomic mass is 10.2. The molecule has 2 rings (SSSR count). The molecule has 0 bridgehead atoms. The highest BCUT2D eigenvalue weighted by Crippen LogP contribution is 2.17. The van der Waals surface area contributed by atoms with Crippen molar-refractivity contribution >= 4 is 11.2 Å². The zero-order valence-corrected chi connectivity index (χ0v) is 8.00. The van der Waals surface area contributed by atoms with E-state index < -0.39 is 0 Å². The fraction of sp³-hybridized carbons (Fsp3) is 0.300. The number of hydrogen-bond acceptors (Lipinski definition) is 2. The highest BCUT2D eigenvalue weighted by molar-refractivity contribution is 5.75. The van der Waals surface area contributed by atoms with E-state index in [4.69, 9.17) is 7.05 Å². The molecule has 3 heteroatoms. The minimum Gasteiger partial charge on any atom is -0.305 e. The molecule has 0 spiro atoms. The summed E-state index contributed by atoms with van der Waals surface area (Å²) in [5.74, 6) is 0.788. The van der Waals surface area contributed by atoms with E-state index in [-0.39, 0.29) is 0 Å². The Hall–Kier alpha value is -1.38. The summed E-state index contributed by atoms with van der Waals surface area (Å²) in [6, 6.07) is 2.01. The molecule has 3 nitrogen and oxygen atoms in total. The number of hydrogen-bond donors (Lipinski definition) is 0. The molecule has 0 saturated carbocycles. The Morgan fingerprint density at radius 3 is 2.62 bits per heavy atom. The van der Waals surface area contributed by atoms with E-state index in [2.05, 4.69) is 9.97 Å². The van der Waals surface area contributed by atoms with Crippen LogP contribution in [-0.4, -0.2) is 14.5 Å². The number of aryl methyl sites for hydroxylation is 3. The van der Waals surface area contributed by atoms with Crippen molar-refractivity contribution in [2.24, 2.45) is 0 Å². The molecule has 0 amide bonds. The molecule has 2 aromatic rings. The molecule has 0 atom stereocenters. The van der Waals surface area contributed by atoms with Crippen molar-refractivity contribution < 1.29 is 0 Å². The van der Waals surface area contributed by atoms with Crippen molar-refractivity contribution in [2.45, 2.75) is 20.8 Å². The lowest BCUT2D eigenvalue weighted by Crippen LogP contribution is -1.92. The number of nitrogens with zero attached hydrogens (tertiary/aromatic N) is 3. The molecule has 0 aromatic carbocycles. The van der Waals surface area contributed by atoms with Crippen molar-refractivity contribution in [3.8, 4) is 0 Å². The van der Waals surface area contributed by atoms with Gasteiger partial charge in [0.25, 0.3) is 0 Å². The van der Waals surface area contributed by atoms with Gasteiger partial charge in [0, 0.05) is 5.69 Å². The summed E-state index contributed by atoms with van der Waals surface area (Å²) >= 11 is 0. The molecule has 0 aliphatic heterocycles. The maximum Gasteiger partial charge on any atom is 0.160 e. The van der Waals surface area contributed by atoms with Crippen LogP contribution in [0, 0.1) is 27.8 Å². The lowest BCUT2D eigenvalue weighted by Gasteiger charge is -1.98. The van der Waals surface area contributed by atoms with Gasteiger partial charge in [-0.1, -0.05) is 0 Å². The van der Waals surface area contributed by atoms with E-state index in [0.29, 0.717) is 0 Å². The quantitative estimate of drug-likeness (QED) is 0.609. The molecule has 0 saturated heterocycles. The third-order valence-electron chi connectivity index (χ3n) is 2.14. The van der Waals surface area contributed by atoms with Gasteiger partial charge in [0.1, 0.15) is 11.3 Å². The van der Waals surface area contributed by atoms with Crippen molar-refractivity contribution in [3.05, 3.63) is 30.2 Å². The van der Waals surface area contributed by atoms with Gasteiger partial charge < -0.3 is 4.57 Å². The van der Waals surface area contributed by atoms with Gasteiger partial charge in [-0.3, -0.25) is 0 Å². The van der Waals surface area contributed by atoms with Crippen LogP contribution in [0.4, 0.5) is 0 Å². The molecule has 66 valence electrons. The van der Waals surface area contributed by atoms with Crippen LogP contribution in [0.3, 0.4) is 0 Å². The van der Waals surface area contributed by atoms with Crippen LogP contribution < -0.4 is 0 Å². The third-order valence-corrected chi connectivity index (χ3v) is 2.14. The Morgan fingerprint density at radius 2 is 1.92 bits per heavy atom. The first kappa shape index (κ1) is 8.23. The van der Waals surface area contributed by atoms with Gasteiger partial charge in [0.2, 0.25) is 0 Å². The predicted octanol–water partition coefficient (Wildman–Crippen LogP) is 1.87. The van der Waals surface area contributed by atoms with Crippen molar-refractivity contribution in [1.29, 1.82) is 0 Å². The smallest absolute Gasteiger partial charge is 0.160 e. The summed E-state index contributed by atoms with van der Waals surface area (Å²) in [4.78, 5) is 8.66. The fourth-order valence-electron chi connectivity index (χ4n) is 1.49. The van der Waals surface area contributed by atoms with Gasteiger partial charge in [0.15, 0.2) is 5.65 Å². The molecular weight excluding hydrogens is 162 g/mol. The monoisotopic (exact) mass is 173 g/mol. The van der Waals surface area contributed by atoms with Crippen molar-refractivity contribution in [3.63, 3.8) is 0 Å². The Balaban J connectivity index is 2.94. The molecule has 0 unspecified atom stereocenters. The topological polar surface area (TPSA) is 30.7 Å². The van der Waals surface area contributed by atoms with E-state index in [0.717, 1.165) is 28.2 Å². The van der Waals surface area contributed by atoms with Crippen LogP contribution in [0.5, 0.6) is 0 Å². The first-order valence-electron chi connectivity index (χ1n) is 4.18. The third kappa shape index (κ3) is 1.11. The summed E-state index contributed by atoms with van der Waals surface area (Å²) in [5, 5.41) is 0. The average Bonchev–Trinajstić information content (AvgIpc) is 2.32. The number of aromatic nitrogens is 3. The maximum absolute atomic E-state index is 5.77. The Bertz CT molecular complexity index is 468. The normalized spacial score (nSPS) is 11.1. The van der Waals surface area contributed by atoms with Crippen LogP contribution >= 0.6 is 0 Å². The van der Waals surface area contributed by atoms with Crippen molar-refractivity contribution in [1.82, 2.24) is 14.5 Å². The Kier molecular flexibility index (Phi) is 1.62. The number of imidazole rings is 1. The molecule has 0 N–H and O–H groups in total. The largest absolute Gasteiger partial charge is 0.305 e. The second-order valence-corrected chi connectivity index (χ2v) is 3.28. The van der Waals surface area contributed by atoms with Crippen LogP contribution in [0.2, 0.25) is 0 Å². The SMILES string of the molecule is [CH]n1c(C)nc2c(C)cc(C)nc21. The minimum absolute atomic E-state index is 0.759. The number of fused-ring (bicyclic) bond motifs is 1. The first-order valence-corrected chi connectivity index (χ1v) is 4.18. The summed E-state index contributed by atoms with van der Waals surface area (Å²) in [6.45, 7) is 5.84. The summed E-state index contributed by atoms with van der Waals surface area (Å²) in [6.07, 6.45) is 0. The van der Waals surface area contributed by atoms with E-state index in [1.165, 1.54) is 4.57 Å². The van der Waals surface area contributed by atoms with Gasteiger partial charge in [-0.15, -0.1) is 0 Å². The van der Waals surface area contributed by atoms with Crippen molar-refractivity contribution in [2.75, 3.05) is 0 Å². The number of rotatable bonds is 0. The van der Waals surface area contributed by atoms with E-state index in [9.17, 15) is 0 Å². The van der Waals surface area contributed by atoms with Crippen LogP contribution in [0.15, 0.2) is 6.07 Å². The lowest BCUT2D eigenvalue weighted by molar-refractivity contribution is 0.983. The van der Waals surface area contributed by atoms with Gasteiger partial charge in [0.05, 0.1) is 7.05 Å². The summed E-state index contributed by atoms with van der Waals surface area (Å²) in [5.41, 5.74) is 3.74. The number of pyridine rings is 1. The predicted molar refractivity (Wildman–Crippen MR) is 51.4 cm³/mol. The second-order valence-electron chi connectivity index (χ2n) is 3.28. The standard InChI is InChI=1S/C10H11N3/c1-6-5-7(2)11-10-9(6)12-8(3)13(10)4/h4-5H,1-3H3. The summed E-state index contributed by atoms with van der Waals surface area (Å²) < 4.78 is 1.52. The van der Waals surface area contributed by atoms with E-state index in [1.807, 2.05) is 26.8 Å².